The lowest BCUT2D eigenvalue weighted by molar-refractivity contribution is -0.180. The highest BCUT2D eigenvalue weighted by Gasteiger charge is 2.52. The Hall–Kier alpha value is -16.9. The molecule has 728 valence electrons. The highest BCUT2D eigenvalue weighted by molar-refractivity contribution is 7.14. The molecule has 2 saturated heterocycles. The number of thiazole rings is 2. The summed E-state index contributed by atoms with van der Waals surface area (Å²) in [6.07, 6.45) is 2.20. The molecule has 0 saturated carbocycles. The highest BCUT2D eigenvalue weighted by atomic mass is 32.1. The van der Waals surface area contributed by atoms with E-state index in [1.54, 1.807) is 52.3 Å². The summed E-state index contributed by atoms with van der Waals surface area (Å²) in [7, 11) is 0. The van der Waals surface area contributed by atoms with Crippen LogP contribution in [0.15, 0.2) is 281 Å². The van der Waals surface area contributed by atoms with Crippen molar-refractivity contribution in [3.05, 3.63) is 329 Å². The van der Waals surface area contributed by atoms with E-state index in [-0.39, 0.29) is 90.4 Å². The number of aromatic hydroxyl groups is 2. The molecule has 2 atom stereocenters. The van der Waals surface area contributed by atoms with Gasteiger partial charge in [-0.25, -0.2) is 54.0 Å². The summed E-state index contributed by atoms with van der Waals surface area (Å²) >= 11 is 2.41. The van der Waals surface area contributed by atoms with E-state index in [0.717, 1.165) is 67.9 Å². The number of rotatable bonds is 31. The van der Waals surface area contributed by atoms with Crippen LogP contribution in [0.4, 0.5) is 10.3 Å². The van der Waals surface area contributed by atoms with Crippen LogP contribution in [0.3, 0.4) is 0 Å². The first-order chi connectivity index (χ1) is 67.0. The van der Waals surface area contributed by atoms with Gasteiger partial charge in [0, 0.05) is 60.5 Å². The van der Waals surface area contributed by atoms with E-state index in [0.29, 0.717) is 16.0 Å². The SMILES string of the molecule is CC(C)(C)OC(=O)C(C)(C)O/N=C(\C(=O)N[C@H]1CN2CC(C(=O)NCc3cc(-c4cc(=O)c(O)c[nH]4)no3)=C(C(=O)O)N2C1=O)c1csc(NC(c2ccccc2)(c2ccccc2)c2ccccc2)n1.CC(C)(C)OC(=O)C(C)(C)O/N=C(\C(=O)O)c1csc(NC(c2ccccc2)(c2ccccc2)c2ccccc2)n1.N[C@H]1CN2CC(C(=O)NCc3cc(-c4cc(=O)c(O)c[nH]4)no3)=C(C(=O)O)N2C1=O. The van der Waals surface area contributed by atoms with Gasteiger partial charge in [0.2, 0.25) is 27.8 Å². The number of oxime groups is 2. The molecule has 14 N–H and O–H groups in total. The van der Waals surface area contributed by atoms with Crippen molar-refractivity contribution >= 4 is 104 Å². The van der Waals surface area contributed by atoms with Crippen molar-refractivity contribution in [3.63, 3.8) is 0 Å². The third-order valence-electron chi connectivity index (χ3n) is 21.9. The van der Waals surface area contributed by atoms with E-state index in [2.05, 4.69) is 62.2 Å². The number of aliphatic carboxylic acids is 3. The summed E-state index contributed by atoms with van der Waals surface area (Å²) in [5.74, 6) is -10.2. The number of benzene rings is 6. The molecule has 0 radical (unpaired) electrons. The van der Waals surface area contributed by atoms with Gasteiger partial charge in [0.1, 0.15) is 57.1 Å². The second-order valence-electron chi connectivity index (χ2n) is 35.2. The Balaban J connectivity index is 0.000000187. The van der Waals surface area contributed by atoms with E-state index in [1.807, 2.05) is 182 Å². The van der Waals surface area contributed by atoms with E-state index in [1.165, 1.54) is 72.5 Å². The third kappa shape index (κ3) is 22.5. The summed E-state index contributed by atoms with van der Waals surface area (Å²) in [6.45, 7) is 15.2. The summed E-state index contributed by atoms with van der Waals surface area (Å²) in [5.41, 5.74) is 2.21. The lowest BCUT2D eigenvalue weighted by atomic mass is 9.77. The maximum absolute atomic E-state index is 14.5. The number of carbonyl (C=O) groups is 10. The smallest absolute Gasteiger partial charge is 0.360 e. The number of fused-ring (bicyclic) bond motifs is 2. The zero-order valence-corrected chi connectivity index (χ0v) is 78.9. The molecule has 0 unspecified atom stereocenters. The van der Waals surface area contributed by atoms with Gasteiger partial charge in [-0.15, -0.1) is 22.7 Å². The van der Waals surface area contributed by atoms with Crippen LogP contribution < -0.4 is 43.2 Å². The first kappa shape index (κ1) is 100. The number of pyridine rings is 2. The molecule has 141 heavy (non-hydrogen) atoms. The standard InChI is InChI=1S/C49H47N9O11S.C32H33N3O5S.C17H16N6O7/c1-47(2,3)67-45(66)48(4,5)69-56-39(36-27-70-46(53-36)54-49(28-15-9-6-10-16-28,29-17-11-7-12-18-29)30-19-13-8-14-20-30)42(62)52-35-26-57-25-32(40(44(64)65)58(57)43(35)63)41(61)51-23-31-21-34(55-68-31)33-22-37(59)38(60)24-50-33;1-30(2,3)39-28(38)31(4,5)40-35-26(27(36)37)25-21-41-29(33-25)34-32(22-15-9-6-10-16-22,23-17-11-7-12-18-23)24-19-13-8-14-20-24;18-9-6-22-5-8(14(17(28)29)23(22)16(9)27)15(26)20-3-7-1-11(21-30-7)10-2-12(24)13(25)4-19-10/h6-22,24,27,35,60H,23,25-26H2,1-5H3,(H,50,59)(H,51,61)(H,52,62)(H,53,54)(H,64,65);6-21H,1-5H3,(H,33,34)(H,36,37);1-2,4,9,25H,3,5-6,18H2,(H,19,24)(H,20,26)(H,28,29)/b56-39-;35-26-;/t35-;;9-/m0.0/s1. The number of esters is 2. The van der Waals surface area contributed by atoms with Crippen molar-refractivity contribution < 1.29 is 102 Å². The molecule has 6 aromatic heterocycles. The Bertz CT molecular complexity index is 6790. The largest absolute Gasteiger partial charge is 0.503 e. The molecule has 16 rings (SSSR count). The maximum Gasteiger partial charge on any atom is 0.360 e. The number of nitrogens with zero attached hydrogens (tertiary/aromatic N) is 10. The van der Waals surface area contributed by atoms with Crippen LogP contribution in [0, 0.1) is 0 Å². The minimum absolute atomic E-state index is 0.0136. The molecule has 2 fully saturated rings. The summed E-state index contributed by atoms with van der Waals surface area (Å²) < 4.78 is 21.3. The fraction of sp³-hybridized carbons (Fsp3) is 0.245. The predicted octanol–water partition coefficient (Wildman–Crippen LogP) is 9.21. The van der Waals surface area contributed by atoms with Crippen LogP contribution >= 0.6 is 22.7 Å². The van der Waals surface area contributed by atoms with Crippen molar-refractivity contribution in [2.75, 3.05) is 36.8 Å². The molecule has 4 aliphatic rings. The number of carboxylic acids is 3. The fourth-order valence-corrected chi connectivity index (χ4v) is 16.7. The van der Waals surface area contributed by atoms with Crippen molar-refractivity contribution in [2.45, 2.75) is 128 Å². The van der Waals surface area contributed by atoms with Crippen LogP contribution in [-0.4, -0.2) is 207 Å². The Morgan fingerprint density at radius 2 is 0.823 bits per heavy atom. The number of carbonyl (C=O) groups excluding carboxylic acids is 7. The normalized spacial score (nSPS) is 15.3. The first-order valence-corrected chi connectivity index (χ1v) is 45.3. The van der Waals surface area contributed by atoms with Crippen LogP contribution in [0.1, 0.15) is 126 Å². The molecule has 0 aliphatic carbocycles. The number of aromatic nitrogens is 6. The molecule has 12 aromatic rings. The van der Waals surface area contributed by atoms with Gasteiger partial charge in [0.05, 0.1) is 48.7 Å². The number of ether oxygens (including phenoxy) is 2. The minimum Gasteiger partial charge on any atom is -0.503 e. The van der Waals surface area contributed by atoms with Gasteiger partial charge >= 0.3 is 29.8 Å². The van der Waals surface area contributed by atoms with Crippen molar-refractivity contribution in [1.29, 1.82) is 0 Å². The fourth-order valence-electron chi connectivity index (χ4n) is 15.2. The lowest BCUT2D eigenvalue weighted by Crippen LogP contribution is -2.46. The monoisotopic (exact) mass is 1960 g/mol. The predicted molar refractivity (Wildman–Crippen MR) is 511 cm³/mol. The van der Waals surface area contributed by atoms with Gasteiger partial charge in [-0.2, -0.15) is 0 Å². The molecule has 43 heteroatoms. The molecular weight excluding hydrogens is 1860 g/mol. The molecule has 4 aliphatic heterocycles. The average Bonchev–Trinajstić information content (AvgIpc) is 1.54. The first-order valence-electron chi connectivity index (χ1n) is 43.6. The number of hydrazine groups is 2. The van der Waals surface area contributed by atoms with Crippen molar-refractivity contribution in [1.82, 2.24) is 66.2 Å². The summed E-state index contributed by atoms with van der Waals surface area (Å²) in [4.78, 5) is 178. The summed E-state index contributed by atoms with van der Waals surface area (Å²) in [5, 5.41) is 87.7. The zero-order valence-electron chi connectivity index (χ0n) is 77.3. The van der Waals surface area contributed by atoms with Crippen LogP contribution in [-0.2, 0) is 91.3 Å². The Kier molecular flexibility index (Phi) is 29.5. The third-order valence-corrected chi connectivity index (χ3v) is 23.4. The Morgan fingerprint density at radius 3 is 1.16 bits per heavy atom. The lowest BCUT2D eigenvalue weighted by Gasteiger charge is -2.36. The van der Waals surface area contributed by atoms with Crippen molar-refractivity contribution in [3.8, 4) is 34.3 Å². The van der Waals surface area contributed by atoms with Gasteiger partial charge in [-0.3, -0.25) is 33.6 Å². The molecule has 0 bridgehead atoms. The summed E-state index contributed by atoms with van der Waals surface area (Å²) in [6, 6.07) is 62.3. The average molecular weight is 1960 g/mol. The maximum atomic E-state index is 14.5. The van der Waals surface area contributed by atoms with Gasteiger partial charge in [-0.1, -0.05) is 203 Å². The number of nitrogens with one attached hydrogen (secondary N) is 7. The van der Waals surface area contributed by atoms with Crippen LogP contribution in [0.2, 0.25) is 0 Å². The number of carboxylic acid groups (broad SMARTS) is 3. The van der Waals surface area contributed by atoms with Gasteiger partial charge in [0.15, 0.2) is 50.4 Å². The van der Waals surface area contributed by atoms with E-state index in [9.17, 15) is 83.1 Å². The second kappa shape index (κ2) is 41.6. The number of H-pyrrole nitrogens is 2. The highest BCUT2D eigenvalue weighted by Crippen LogP contribution is 2.44. The number of anilines is 2. The Labute approximate surface area is 810 Å². The van der Waals surface area contributed by atoms with Crippen LogP contribution in [0.25, 0.3) is 22.8 Å². The second-order valence-corrected chi connectivity index (χ2v) is 36.9. The van der Waals surface area contributed by atoms with Gasteiger partial charge in [-0.05, 0) is 103 Å². The minimum atomic E-state index is -1.71. The Morgan fingerprint density at radius 1 is 0.482 bits per heavy atom. The molecular formula is C98H96N18O23S2. The quantitative estimate of drug-likeness (QED) is 0.00832. The van der Waals surface area contributed by atoms with E-state index < -0.39 is 150 Å². The van der Waals surface area contributed by atoms with E-state index >= 15 is 0 Å². The molecule has 0 spiro atoms. The van der Waals surface area contributed by atoms with Crippen molar-refractivity contribution in [2.24, 2.45) is 16.0 Å². The van der Waals surface area contributed by atoms with Gasteiger partial charge in [0.25, 0.3) is 29.5 Å². The molecule has 10 heterocycles. The number of amides is 5. The van der Waals surface area contributed by atoms with Crippen LogP contribution in [0.5, 0.6) is 11.5 Å². The van der Waals surface area contributed by atoms with Gasteiger partial charge < -0.3 is 96.0 Å². The molecule has 5 amide bonds. The topological polar surface area (TPSA) is 576 Å². The number of hydrogen-bond acceptors (Lipinski definition) is 33. The zero-order chi connectivity index (χ0) is 101. The molecule has 6 aromatic carbocycles. The molecule has 41 nitrogen and oxygen atoms in total. The number of hydrogen-bond donors (Lipinski definition) is 13. The van der Waals surface area contributed by atoms with E-state index in [4.69, 9.17) is 38.9 Å². The number of nitrogens with two attached hydrogens (primary N) is 1. The number of aromatic amines is 2.